The summed E-state index contributed by atoms with van der Waals surface area (Å²) >= 11 is 0. The van der Waals surface area contributed by atoms with Gasteiger partial charge in [0.2, 0.25) is 5.88 Å². The number of fused-ring (bicyclic) bond motifs is 1. The summed E-state index contributed by atoms with van der Waals surface area (Å²) in [5, 5.41) is 9.82. The molecule has 0 saturated carbocycles. The fourth-order valence-corrected chi connectivity index (χ4v) is 4.17. The predicted octanol–water partition coefficient (Wildman–Crippen LogP) is 6.10. The number of ether oxygens (including phenoxy) is 4. The Morgan fingerprint density at radius 1 is 1.03 bits per heavy atom. The van der Waals surface area contributed by atoms with Crippen LogP contribution in [0.3, 0.4) is 0 Å². The van der Waals surface area contributed by atoms with Gasteiger partial charge in [-0.1, -0.05) is 50.1 Å². The van der Waals surface area contributed by atoms with Crippen LogP contribution in [0, 0.1) is 11.3 Å². The number of benzene rings is 3. The van der Waals surface area contributed by atoms with Crippen molar-refractivity contribution in [2.24, 2.45) is 5.73 Å². The number of nitrogens with two attached hydrogens (primary N) is 1. The first-order valence-corrected chi connectivity index (χ1v) is 12.5. The highest BCUT2D eigenvalue weighted by Gasteiger charge is 2.31. The Balaban J connectivity index is 1.50. The summed E-state index contributed by atoms with van der Waals surface area (Å²) in [6, 6.07) is 22.2. The van der Waals surface area contributed by atoms with Gasteiger partial charge in [-0.3, -0.25) is 0 Å². The standard InChI is InChI=1S/C31H30N2O5/c1-3-4-5-18-36-24-13-9-22(10-14-24)30-26-16-15-25(19-28(26)38-31(33)27(30)20-32)37-29(34)17-8-21-6-11-23(35-2)12-7-21/h6-17,19,30H,3-5,18,33H2,1-2H3/b17-8+. The van der Waals surface area contributed by atoms with Crippen molar-refractivity contribution in [3.63, 3.8) is 0 Å². The van der Waals surface area contributed by atoms with Crippen LogP contribution in [0.15, 0.2) is 84.3 Å². The maximum Gasteiger partial charge on any atom is 0.336 e. The third-order valence-electron chi connectivity index (χ3n) is 6.17. The Kier molecular flexibility index (Phi) is 8.68. The molecule has 0 aromatic heterocycles. The molecule has 1 unspecified atom stereocenters. The van der Waals surface area contributed by atoms with E-state index in [0.29, 0.717) is 23.7 Å². The highest BCUT2D eigenvalue weighted by Crippen LogP contribution is 2.43. The molecule has 7 nitrogen and oxygen atoms in total. The highest BCUT2D eigenvalue weighted by atomic mass is 16.5. The van der Waals surface area contributed by atoms with E-state index in [1.807, 2.05) is 48.5 Å². The van der Waals surface area contributed by atoms with Crippen molar-refractivity contribution in [3.8, 4) is 29.1 Å². The van der Waals surface area contributed by atoms with Gasteiger partial charge >= 0.3 is 5.97 Å². The van der Waals surface area contributed by atoms with Crippen LogP contribution in [-0.4, -0.2) is 19.7 Å². The zero-order valence-corrected chi connectivity index (χ0v) is 21.5. The number of allylic oxidation sites excluding steroid dienone is 1. The van der Waals surface area contributed by atoms with Gasteiger partial charge in [0, 0.05) is 17.7 Å². The topological polar surface area (TPSA) is 104 Å². The summed E-state index contributed by atoms with van der Waals surface area (Å²) in [5.41, 5.74) is 8.90. The normalized spacial score (nSPS) is 14.4. The van der Waals surface area contributed by atoms with Crippen molar-refractivity contribution in [2.75, 3.05) is 13.7 Å². The Bertz CT molecular complexity index is 1370. The molecular formula is C31H30N2O5. The first-order chi connectivity index (χ1) is 18.5. The first-order valence-electron chi connectivity index (χ1n) is 12.5. The molecule has 1 atom stereocenters. The number of unbranched alkanes of at least 4 members (excludes halogenated alkanes) is 2. The van der Waals surface area contributed by atoms with Crippen molar-refractivity contribution >= 4 is 12.0 Å². The van der Waals surface area contributed by atoms with Crippen LogP contribution < -0.4 is 24.7 Å². The molecule has 3 aromatic rings. The molecule has 0 radical (unpaired) electrons. The third-order valence-corrected chi connectivity index (χ3v) is 6.17. The van der Waals surface area contributed by atoms with Crippen LogP contribution in [-0.2, 0) is 4.79 Å². The van der Waals surface area contributed by atoms with Crippen molar-refractivity contribution in [3.05, 3.63) is 101 Å². The van der Waals surface area contributed by atoms with Gasteiger partial charge in [-0.05, 0) is 54.0 Å². The lowest BCUT2D eigenvalue weighted by molar-refractivity contribution is -0.128. The molecule has 1 aliphatic rings. The average molecular weight is 511 g/mol. The largest absolute Gasteiger partial charge is 0.497 e. The Morgan fingerprint density at radius 3 is 2.42 bits per heavy atom. The number of methoxy groups -OCH3 is 1. The Hall–Kier alpha value is -4.70. The second-order valence-electron chi connectivity index (χ2n) is 8.78. The number of rotatable bonds is 10. The van der Waals surface area contributed by atoms with Crippen molar-refractivity contribution < 1.29 is 23.7 Å². The zero-order chi connectivity index (χ0) is 26.9. The minimum atomic E-state index is -0.538. The lowest BCUT2D eigenvalue weighted by Crippen LogP contribution is -2.21. The van der Waals surface area contributed by atoms with Crippen LogP contribution in [0.4, 0.5) is 0 Å². The smallest absolute Gasteiger partial charge is 0.336 e. The van der Waals surface area contributed by atoms with E-state index < -0.39 is 11.9 Å². The van der Waals surface area contributed by atoms with E-state index in [4.69, 9.17) is 24.7 Å². The van der Waals surface area contributed by atoms with E-state index >= 15 is 0 Å². The number of nitrogens with zero attached hydrogens (tertiary/aromatic N) is 1. The molecule has 4 rings (SSSR count). The zero-order valence-electron chi connectivity index (χ0n) is 21.5. The molecule has 3 aromatic carbocycles. The van der Waals surface area contributed by atoms with Crippen LogP contribution in [0.1, 0.15) is 48.8 Å². The minimum absolute atomic E-state index is 0.0211. The molecule has 38 heavy (non-hydrogen) atoms. The molecule has 0 spiro atoms. The van der Waals surface area contributed by atoms with Crippen molar-refractivity contribution in [1.29, 1.82) is 5.26 Å². The Labute approximate surface area is 222 Å². The number of hydrogen-bond donors (Lipinski definition) is 1. The van der Waals surface area contributed by atoms with E-state index in [-0.39, 0.29) is 5.88 Å². The second-order valence-corrected chi connectivity index (χ2v) is 8.78. The van der Waals surface area contributed by atoms with Gasteiger partial charge in [0.15, 0.2) is 0 Å². The van der Waals surface area contributed by atoms with Crippen LogP contribution in [0.2, 0.25) is 0 Å². The molecule has 2 N–H and O–H groups in total. The molecule has 7 heteroatoms. The van der Waals surface area contributed by atoms with Gasteiger partial charge in [0.1, 0.15) is 34.6 Å². The minimum Gasteiger partial charge on any atom is -0.497 e. The van der Waals surface area contributed by atoms with Gasteiger partial charge in [-0.15, -0.1) is 0 Å². The lowest BCUT2D eigenvalue weighted by atomic mass is 9.83. The molecule has 0 saturated heterocycles. The maximum atomic E-state index is 12.4. The summed E-state index contributed by atoms with van der Waals surface area (Å²) in [5.74, 6) is 1.30. The molecule has 0 aliphatic carbocycles. The maximum absolute atomic E-state index is 12.4. The van der Waals surface area contributed by atoms with E-state index in [9.17, 15) is 10.1 Å². The molecule has 0 amide bonds. The number of nitriles is 1. The van der Waals surface area contributed by atoms with Crippen molar-refractivity contribution in [2.45, 2.75) is 32.1 Å². The molecule has 1 heterocycles. The first kappa shape index (κ1) is 26.4. The van der Waals surface area contributed by atoms with Gasteiger partial charge in [-0.2, -0.15) is 5.26 Å². The van der Waals surface area contributed by atoms with Crippen LogP contribution in [0.5, 0.6) is 23.0 Å². The van der Waals surface area contributed by atoms with Crippen LogP contribution in [0.25, 0.3) is 6.08 Å². The van der Waals surface area contributed by atoms with Gasteiger partial charge < -0.3 is 24.7 Å². The summed E-state index contributed by atoms with van der Waals surface area (Å²) in [6.07, 6.45) is 6.27. The molecular weight excluding hydrogens is 480 g/mol. The quantitative estimate of drug-likeness (QED) is 0.152. The van der Waals surface area contributed by atoms with Gasteiger partial charge in [0.05, 0.1) is 19.6 Å². The molecule has 1 aliphatic heterocycles. The summed E-state index contributed by atoms with van der Waals surface area (Å²) in [7, 11) is 1.60. The number of hydrogen-bond acceptors (Lipinski definition) is 7. The summed E-state index contributed by atoms with van der Waals surface area (Å²) in [4.78, 5) is 12.4. The average Bonchev–Trinajstić information content (AvgIpc) is 2.94. The monoisotopic (exact) mass is 510 g/mol. The SMILES string of the molecule is CCCCCOc1ccc(C2C(C#N)=C(N)Oc3cc(OC(=O)/C=C/c4ccc(OC)cc4)ccc32)cc1. The Morgan fingerprint density at radius 2 is 1.74 bits per heavy atom. The second kappa shape index (κ2) is 12.5. The summed E-state index contributed by atoms with van der Waals surface area (Å²) in [6.45, 7) is 2.82. The molecule has 194 valence electrons. The summed E-state index contributed by atoms with van der Waals surface area (Å²) < 4.78 is 22.2. The van der Waals surface area contributed by atoms with Crippen molar-refractivity contribution in [1.82, 2.24) is 0 Å². The lowest BCUT2D eigenvalue weighted by Gasteiger charge is -2.26. The number of carbonyl (C=O) groups is 1. The highest BCUT2D eigenvalue weighted by molar-refractivity contribution is 5.88. The fourth-order valence-electron chi connectivity index (χ4n) is 4.17. The van der Waals surface area contributed by atoms with E-state index in [2.05, 4.69) is 13.0 Å². The van der Waals surface area contributed by atoms with E-state index in [1.165, 1.54) is 6.08 Å². The number of esters is 1. The fraction of sp³-hybridized carbons (Fsp3) is 0.226. The van der Waals surface area contributed by atoms with Crippen LogP contribution >= 0.6 is 0 Å². The van der Waals surface area contributed by atoms with E-state index in [0.717, 1.165) is 47.5 Å². The predicted molar refractivity (Wildman–Crippen MR) is 145 cm³/mol. The molecule has 0 bridgehead atoms. The third kappa shape index (κ3) is 6.34. The van der Waals surface area contributed by atoms with E-state index in [1.54, 1.807) is 31.4 Å². The van der Waals surface area contributed by atoms with Gasteiger partial charge in [-0.25, -0.2) is 4.79 Å². The number of carbonyl (C=O) groups excluding carboxylic acids is 1. The molecule has 0 fully saturated rings. The van der Waals surface area contributed by atoms with Gasteiger partial charge in [0.25, 0.3) is 0 Å².